The number of halogens is 3. The standard InChI is InChI=1S/C16H22Cl2N4O.HI/c1-19-16(20-10-12-5-6-13(17)9-14(12)18)21-11-15(23)22-7-3-2-4-8-22;/h5-6,9H,2-4,7-8,10-11H2,1H3,(H2,19,20,21);1H. The van der Waals surface area contributed by atoms with Crippen molar-refractivity contribution in [3.63, 3.8) is 0 Å². The van der Waals surface area contributed by atoms with E-state index in [0.29, 0.717) is 22.5 Å². The van der Waals surface area contributed by atoms with Crippen LogP contribution >= 0.6 is 47.2 Å². The molecule has 8 heteroatoms. The maximum absolute atomic E-state index is 12.1. The molecule has 1 aromatic rings. The summed E-state index contributed by atoms with van der Waals surface area (Å²) >= 11 is 12.0. The lowest BCUT2D eigenvalue weighted by Gasteiger charge is -2.27. The fourth-order valence-corrected chi connectivity index (χ4v) is 2.95. The van der Waals surface area contributed by atoms with E-state index in [0.717, 1.165) is 31.5 Å². The maximum atomic E-state index is 12.1. The second-order valence-electron chi connectivity index (χ2n) is 5.46. The number of carbonyl (C=O) groups is 1. The van der Waals surface area contributed by atoms with Crippen molar-refractivity contribution in [2.75, 3.05) is 26.7 Å². The zero-order valence-electron chi connectivity index (χ0n) is 13.6. The van der Waals surface area contributed by atoms with Crippen molar-refractivity contribution in [3.8, 4) is 0 Å². The first-order valence-corrected chi connectivity index (χ1v) is 8.52. The van der Waals surface area contributed by atoms with Crippen molar-refractivity contribution in [1.82, 2.24) is 15.5 Å². The molecule has 1 aromatic carbocycles. The highest BCUT2D eigenvalue weighted by Crippen LogP contribution is 2.20. The molecule has 2 N–H and O–H groups in total. The molecule has 1 aliphatic rings. The summed E-state index contributed by atoms with van der Waals surface area (Å²) in [5.41, 5.74) is 0.918. The minimum absolute atomic E-state index is 0. The molecule has 2 rings (SSSR count). The summed E-state index contributed by atoms with van der Waals surface area (Å²) in [6.45, 7) is 2.46. The van der Waals surface area contributed by atoms with Crippen LogP contribution in [0, 0.1) is 0 Å². The average Bonchev–Trinajstić information content (AvgIpc) is 2.57. The van der Waals surface area contributed by atoms with Gasteiger partial charge in [-0.25, -0.2) is 0 Å². The molecular formula is C16H23Cl2IN4O. The zero-order valence-corrected chi connectivity index (χ0v) is 17.5. The molecule has 24 heavy (non-hydrogen) atoms. The van der Waals surface area contributed by atoms with Gasteiger partial charge in [0, 0.05) is 36.7 Å². The first-order chi connectivity index (χ1) is 11.1. The van der Waals surface area contributed by atoms with Crippen LogP contribution in [0.15, 0.2) is 23.2 Å². The Kier molecular flexibility index (Phi) is 9.76. The van der Waals surface area contributed by atoms with Gasteiger partial charge in [0.1, 0.15) is 0 Å². The normalized spacial score (nSPS) is 14.8. The molecule has 134 valence electrons. The quantitative estimate of drug-likeness (QED) is 0.391. The number of guanidine groups is 1. The van der Waals surface area contributed by atoms with Gasteiger partial charge in [-0.05, 0) is 37.0 Å². The Bertz CT molecular complexity index is 577. The van der Waals surface area contributed by atoms with Crippen molar-refractivity contribution in [2.24, 2.45) is 4.99 Å². The molecule has 0 spiro atoms. The number of piperidine rings is 1. The third-order valence-electron chi connectivity index (χ3n) is 3.80. The summed E-state index contributed by atoms with van der Waals surface area (Å²) < 4.78 is 0. The number of amides is 1. The van der Waals surface area contributed by atoms with E-state index < -0.39 is 0 Å². The molecule has 0 bridgehead atoms. The number of hydrogen-bond acceptors (Lipinski definition) is 2. The monoisotopic (exact) mass is 484 g/mol. The first kappa shape index (κ1) is 21.3. The lowest BCUT2D eigenvalue weighted by Crippen LogP contribution is -2.45. The Morgan fingerprint density at radius 3 is 2.54 bits per heavy atom. The van der Waals surface area contributed by atoms with Gasteiger partial charge in [-0.2, -0.15) is 0 Å². The molecule has 1 saturated heterocycles. The van der Waals surface area contributed by atoms with Gasteiger partial charge in [0.15, 0.2) is 5.96 Å². The molecule has 5 nitrogen and oxygen atoms in total. The molecule has 0 aromatic heterocycles. The van der Waals surface area contributed by atoms with Crippen LogP contribution in [0.4, 0.5) is 0 Å². The van der Waals surface area contributed by atoms with Gasteiger partial charge in [-0.1, -0.05) is 29.3 Å². The number of likely N-dealkylation sites (tertiary alicyclic amines) is 1. The van der Waals surface area contributed by atoms with Gasteiger partial charge in [-0.15, -0.1) is 24.0 Å². The van der Waals surface area contributed by atoms with E-state index in [1.54, 1.807) is 19.2 Å². The molecule has 0 unspecified atom stereocenters. The Labute approximate surface area is 170 Å². The summed E-state index contributed by atoms with van der Waals surface area (Å²) in [7, 11) is 1.67. The van der Waals surface area contributed by atoms with Crippen molar-refractivity contribution >= 4 is 59.0 Å². The lowest BCUT2D eigenvalue weighted by molar-refractivity contribution is -0.130. The summed E-state index contributed by atoms with van der Waals surface area (Å²) in [5.74, 6) is 0.679. The number of hydrogen-bond donors (Lipinski definition) is 2. The predicted octanol–water partition coefficient (Wildman–Crippen LogP) is 3.29. The molecule has 0 aliphatic carbocycles. The van der Waals surface area contributed by atoms with Crippen LogP contribution in [-0.4, -0.2) is 43.4 Å². The number of carbonyl (C=O) groups excluding carboxylic acids is 1. The van der Waals surface area contributed by atoms with Gasteiger partial charge >= 0.3 is 0 Å². The van der Waals surface area contributed by atoms with Gasteiger partial charge in [-0.3, -0.25) is 9.79 Å². The van der Waals surface area contributed by atoms with E-state index in [4.69, 9.17) is 23.2 Å². The molecule has 1 aliphatic heterocycles. The largest absolute Gasteiger partial charge is 0.352 e. The molecule has 0 saturated carbocycles. The molecule has 1 amide bonds. The number of benzene rings is 1. The average molecular weight is 485 g/mol. The predicted molar refractivity (Wildman–Crippen MR) is 111 cm³/mol. The fourth-order valence-electron chi connectivity index (χ4n) is 2.48. The van der Waals surface area contributed by atoms with Gasteiger partial charge < -0.3 is 15.5 Å². The molecular weight excluding hydrogens is 462 g/mol. The van der Waals surface area contributed by atoms with Crippen molar-refractivity contribution in [2.45, 2.75) is 25.8 Å². The van der Waals surface area contributed by atoms with Crippen LogP contribution < -0.4 is 10.6 Å². The van der Waals surface area contributed by atoms with Gasteiger partial charge in [0.25, 0.3) is 0 Å². The Hall–Kier alpha value is -0.730. The Balaban J connectivity index is 0.00000288. The SMILES string of the molecule is CN=C(NCC(=O)N1CCCCC1)NCc1ccc(Cl)cc1Cl.I. The zero-order chi connectivity index (χ0) is 16.7. The number of nitrogens with one attached hydrogen (secondary N) is 2. The minimum Gasteiger partial charge on any atom is -0.352 e. The highest BCUT2D eigenvalue weighted by molar-refractivity contribution is 14.0. The first-order valence-electron chi connectivity index (χ1n) is 7.76. The van der Waals surface area contributed by atoms with Crippen LogP contribution in [0.25, 0.3) is 0 Å². The van der Waals surface area contributed by atoms with Crippen LogP contribution in [0.3, 0.4) is 0 Å². The highest BCUT2D eigenvalue weighted by Gasteiger charge is 2.16. The number of rotatable bonds is 4. The topological polar surface area (TPSA) is 56.7 Å². The van der Waals surface area contributed by atoms with Crippen molar-refractivity contribution in [3.05, 3.63) is 33.8 Å². The summed E-state index contributed by atoms with van der Waals surface area (Å²) in [5, 5.41) is 7.40. The molecule has 1 heterocycles. The molecule has 1 fully saturated rings. The second kappa shape index (κ2) is 11.0. The van der Waals surface area contributed by atoms with Crippen LogP contribution in [0.2, 0.25) is 10.0 Å². The smallest absolute Gasteiger partial charge is 0.241 e. The Morgan fingerprint density at radius 1 is 1.21 bits per heavy atom. The minimum atomic E-state index is 0. The van der Waals surface area contributed by atoms with E-state index in [1.807, 2.05) is 11.0 Å². The lowest BCUT2D eigenvalue weighted by atomic mass is 10.1. The van der Waals surface area contributed by atoms with E-state index >= 15 is 0 Å². The fraction of sp³-hybridized carbons (Fsp3) is 0.500. The van der Waals surface area contributed by atoms with Crippen molar-refractivity contribution < 1.29 is 4.79 Å². The van der Waals surface area contributed by atoms with Crippen LogP contribution in [0.5, 0.6) is 0 Å². The van der Waals surface area contributed by atoms with E-state index in [9.17, 15) is 4.79 Å². The van der Waals surface area contributed by atoms with E-state index in [2.05, 4.69) is 15.6 Å². The maximum Gasteiger partial charge on any atom is 0.241 e. The summed E-state index contributed by atoms with van der Waals surface area (Å²) in [4.78, 5) is 18.2. The second-order valence-corrected chi connectivity index (χ2v) is 6.30. The summed E-state index contributed by atoms with van der Waals surface area (Å²) in [6, 6.07) is 5.36. The third kappa shape index (κ3) is 6.64. The Morgan fingerprint density at radius 2 is 1.92 bits per heavy atom. The molecule has 0 radical (unpaired) electrons. The van der Waals surface area contributed by atoms with E-state index in [1.165, 1.54) is 6.42 Å². The third-order valence-corrected chi connectivity index (χ3v) is 4.39. The van der Waals surface area contributed by atoms with Crippen molar-refractivity contribution in [1.29, 1.82) is 0 Å². The van der Waals surface area contributed by atoms with Gasteiger partial charge in [0.2, 0.25) is 5.91 Å². The molecule has 0 atom stereocenters. The summed E-state index contributed by atoms with van der Waals surface area (Å²) in [6.07, 6.45) is 3.39. The number of nitrogens with zero attached hydrogens (tertiary/aromatic N) is 2. The number of aliphatic imine (C=N–C) groups is 1. The highest BCUT2D eigenvalue weighted by atomic mass is 127. The van der Waals surface area contributed by atoms with Gasteiger partial charge in [0.05, 0.1) is 6.54 Å². The van der Waals surface area contributed by atoms with Crippen LogP contribution in [0.1, 0.15) is 24.8 Å². The van der Waals surface area contributed by atoms with E-state index in [-0.39, 0.29) is 36.4 Å². The van der Waals surface area contributed by atoms with Crippen LogP contribution in [-0.2, 0) is 11.3 Å².